The zero-order valence-corrected chi connectivity index (χ0v) is 20.9. The third-order valence-corrected chi connectivity index (χ3v) is 6.49. The molecule has 4 aromatic rings. The van der Waals surface area contributed by atoms with E-state index >= 15 is 0 Å². The third-order valence-electron chi connectivity index (χ3n) is 6.49. The number of anilines is 2. The molecular formula is C27H25F3N6O3. The highest BCUT2D eigenvalue weighted by molar-refractivity contribution is 6.09. The monoisotopic (exact) mass is 538 g/mol. The first kappa shape index (κ1) is 26.2. The fourth-order valence-corrected chi connectivity index (χ4v) is 4.27. The van der Waals surface area contributed by atoms with Gasteiger partial charge in [-0.2, -0.15) is 18.3 Å². The summed E-state index contributed by atoms with van der Waals surface area (Å²) in [6, 6.07) is 13.7. The number of aromatic amines is 1. The molecule has 2 aromatic carbocycles. The summed E-state index contributed by atoms with van der Waals surface area (Å²) in [5.74, 6) is -0.529. The minimum Gasteiger partial charge on any atom is -0.378 e. The van der Waals surface area contributed by atoms with E-state index in [1.165, 1.54) is 6.07 Å². The van der Waals surface area contributed by atoms with Gasteiger partial charge in [0, 0.05) is 41.5 Å². The van der Waals surface area contributed by atoms with Gasteiger partial charge in [0.1, 0.15) is 5.69 Å². The number of benzene rings is 2. The second kappa shape index (κ2) is 10.7. The molecule has 0 radical (unpaired) electrons. The summed E-state index contributed by atoms with van der Waals surface area (Å²) >= 11 is 0. The van der Waals surface area contributed by atoms with Crippen molar-refractivity contribution in [2.45, 2.75) is 19.1 Å². The van der Waals surface area contributed by atoms with E-state index in [-0.39, 0.29) is 11.7 Å². The van der Waals surface area contributed by atoms with E-state index in [0.717, 1.165) is 31.0 Å². The first-order valence-corrected chi connectivity index (χ1v) is 12.3. The molecule has 1 saturated heterocycles. The fourth-order valence-electron chi connectivity index (χ4n) is 4.27. The first-order valence-electron chi connectivity index (χ1n) is 12.3. The van der Waals surface area contributed by atoms with Crippen molar-refractivity contribution in [2.75, 3.05) is 36.5 Å². The van der Waals surface area contributed by atoms with Crippen LogP contribution in [-0.2, 0) is 10.9 Å². The van der Waals surface area contributed by atoms with E-state index in [9.17, 15) is 22.8 Å². The van der Waals surface area contributed by atoms with Crippen molar-refractivity contribution in [1.82, 2.24) is 20.5 Å². The van der Waals surface area contributed by atoms with Crippen LogP contribution in [0.5, 0.6) is 0 Å². The smallest absolute Gasteiger partial charge is 0.378 e. The lowest BCUT2D eigenvalue weighted by molar-refractivity contribution is -0.141. The van der Waals surface area contributed by atoms with Crippen LogP contribution in [0.15, 0.2) is 60.8 Å². The number of morpholine rings is 1. The molecule has 0 bridgehead atoms. The zero-order valence-electron chi connectivity index (χ0n) is 20.9. The van der Waals surface area contributed by atoms with Gasteiger partial charge in [-0.3, -0.25) is 19.7 Å². The Balaban J connectivity index is 1.27. The average Bonchev–Trinajstić information content (AvgIpc) is 3.35. The Morgan fingerprint density at radius 2 is 1.72 bits per heavy atom. The van der Waals surface area contributed by atoms with Gasteiger partial charge in [-0.1, -0.05) is 6.07 Å². The normalized spacial score (nSPS) is 14.7. The number of hydrogen-bond donors (Lipinski definition) is 3. The van der Waals surface area contributed by atoms with E-state index in [4.69, 9.17) is 4.74 Å². The summed E-state index contributed by atoms with van der Waals surface area (Å²) in [6.07, 6.45) is -3.45. The molecule has 2 amide bonds. The van der Waals surface area contributed by atoms with Crippen molar-refractivity contribution in [3.8, 4) is 0 Å². The lowest BCUT2D eigenvalue weighted by atomic mass is 10.1. The second-order valence-corrected chi connectivity index (χ2v) is 9.10. The molecule has 2 aromatic heterocycles. The van der Waals surface area contributed by atoms with Crippen molar-refractivity contribution in [3.05, 3.63) is 83.2 Å². The summed E-state index contributed by atoms with van der Waals surface area (Å²) in [5, 5.41) is 13.1. The number of carbonyl (C=O) groups excluding carboxylic acids is 2. The largest absolute Gasteiger partial charge is 0.433 e. The molecule has 0 saturated carbocycles. The molecule has 5 rings (SSSR count). The summed E-state index contributed by atoms with van der Waals surface area (Å²) in [6.45, 7) is 4.56. The zero-order chi connectivity index (χ0) is 27.6. The van der Waals surface area contributed by atoms with Crippen LogP contribution >= 0.6 is 0 Å². The number of amides is 2. The Labute approximate surface area is 221 Å². The topological polar surface area (TPSA) is 112 Å². The van der Waals surface area contributed by atoms with Crippen LogP contribution < -0.4 is 15.5 Å². The molecular weight excluding hydrogens is 513 g/mol. The van der Waals surface area contributed by atoms with E-state index in [2.05, 4.69) is 30.7 Å². The minimum atomic E-state index is -4.54. The maximum absolute atomic E-state index is 12.9. The number of nitrogens with one attached hydrogen (secondary N) is 3. The Bertz CT molecular complexity index is 1480. The van der Waals surface area contributed by atoms with Crippen LogP contribution in [-0.4, -0.2) is 53.3 Å². The molecule has 3 heterocycles. The predicted molar refractivity (Wildman–Crippen MR) is 139 cm³/mol. The number of ether oxygens (including phenoxy) is 1. The van der Waals surface area contributed by atoms with E-state index in [1.807, 2.05) is 12.1 Å². The molecule has 39 heavy (non-hydrogen) atoms. The third kappa shape index (κ3) is 5.85. The molecule has 1 unspecified atom stereocenters. The van der Waals surface area contributed by atoms with Gasteiger partial charge in [0.2, 0.25) is 0 Å². The van der Waals surface area contributed by atoms with E-state index < -0.39 is 23.8 Å². The van der Waals surface area contributed by atoms with Crippen molar-refractivity contribution in [2.24, 2.45) is 0 Å². The van der Waals surface area contributed by atoms with Gasteiger partial charge in [0.15, 0.2) is 5.82 Å². The number of alkyl halides is 3. The standard InChI is InChI=1S/C27H25F3N6O3/c1-16(19-5-9-23(31-15-19)27(28,29)30)32-26(38)18-4-8-22-21(14-18)24(35-34-22)33-25(37)17-2-6-20(7-3-17)36-10-12-39-13-11-36/h2-9,14-16H,10-13H2,1H3,(H,32,38)(H2,33,34,35,37). The van der Waals surface area contributed by atoms with Crippen LogP contribution in [0.4, 0.5) is 24.7 Å². The lowest BCUT2D eigenvalue weighted by Gasteiger charge is -2.28. The van der Waals surface area contributed by atoms with Crippen molar-refractivity contribution < 1.29 is 27.5 Å². The van der Waals surface area contributed by atoms with Gasteiger partial charge in [-0.25, -0.2) is 0 Å². The van der Waals surface area contributed by atoms with Crippen LogP contribution in [0.2, 0.25) is 0 Å². The number of carbonyl (C=O) groups is 2. The molecule has 1 fully saturated rings. The predicted octanol–water partition coefficient (Wildman–Crippen LogP) is 4.56. The highest BCUT2D eigenvalue weighted by Crippen LogP contribution is 2.28. The van der Waals surface area contributed by atoms with Gasteiger partial charge in [-0.05, 0) is 61.0 Å². The highest BCUT2D eigenvalue weighted by atomic mass is 19.4. The summed E-state index contributed by atoms with van der Waals surface area (Å²) in [5.41, 5.74) is 1.80. The number of pyridine rings is 1. The van der Waals surface area contributed by atoms with Gasteiger partial charge in [0.25, 0.3) is 11.8 Å². The number of H-pyrrole nitrogens is 1. The van der Waals surface area contributed by atoms with Gasteiger partial charge in [-0.15, -0.1) is 0 Å². The Kier molecular flexibility index (Phi) is 7.20. The molecule has 1 aliphatic heterocycles. The molecule has 12 heteroatoms. The molecule has 0 spiro atoms. The van der Waals surface area contributed by atoms with Crippen LogP contribution in [0.3, 0.4) is 0 Å². The molecule has 1 atom stereocenters. The maximum Gasteiger partial charge on any atom is 0.433 e. The van der Waals surface area contributed by atoms with Gasteiger partial charge in [0.05, 0.1) is 24.8 Å². The molecule has 0 aliphatic carbocycles. The number of aromatic nitrogens is 3. The summed E-state index contributed by atoms with van der Waals surface area (Å²) in [4.78, 5) is 31.4. The number of halogens is 3. The maximum atomic E-state index is 12.9. The second-order valence-electron chi connectivity index (χ2n) is 9.10. The summed E-state index contributed by atoms with van der Waals surface area (Å²) < 4.78 is 43.7. The number of fused-ring (bicyclic) bond motifs is 1. The Morgan fingerprint density at radius 1 is 1.00 bits per heavy atom. The number of nitrogens with zero attached hydrogens (tertiary/aromatic N) is 3. The molecule has 202 valence electrons. The fraction of sp³-hybridized carbons (Fsp3) is 0.259. The van der Waals surface area contributed by atoms with Gasteiger partial charge >= 0.3 is 6.18 Å². The number of hydrogen-bond acceptors (Lipinski definition) is 6. The van der Waals surface area contributed by atoms with Crippen molar-refractivity contribution in [1.29, 1.82) is 0 Å². The SMILES string of the molecule is CC(NC(=O)c1ccc2[nH]nc(NC(=O)c3ccc(N4CCOCC4)cc3)c2c1)c1ccc(C(F)(F)F)nc1. The molecule has 9 nitrogen and oxygen atoms in total. The van der Waals surface area contributed by atoms with Crippen molar-refractivity contribution in [3.63, 3.8) is 0 Å². The summed E-state index contributed by atoms with van der Waals surface area (Å²) in [7, 11) is 0. The number of rotatable bonds is 6. The van der Waals surface area contributed by atoms with Crippen LogP contribution in [0.25, 0.3) is 10.9 Å². The average molecular weight is 539 g/mol. The van der Waals surface area contributed by atoms with E-state index in [0.29, 0.717) is 40.8 Å². The first-order chi connectivity index (χ1) is 18.7. The molecule has 1 aliphatic rings. The van der Waals surface area contributed by atoms with Crippen LogP contribution in [0, 0.1) is 0 Å². The minimum absolute atomic E-state index is 0.266. The van der Waals surface area contributed by atoms with Crippen LogP contribution in [0.1, 0.15) is 44.9 Å². The Hall–Kier alpha value is -4.45. The lowest BCUT2D eigenvalue weighted by Crippen LogP contribution is -2.36. The molecule has 3 N–H and O–H groups in total. The van der Waals surface area contributed by atoms with Gasteiger partial charge < -0.3 is 20.3 Å². The quantitative estimate of drug-likeness (QED) is 0.332. The van der Waals surface area contributed by atoms with E-state index in [1.54, 1.807) is 37.3 Å². The Morgan fingerprint density at radius 3 is 2.38 bits per heavy atom. The van der Waals surface area contributed by atoms with Crippen molar-refractivity contribution >= 4 is 34.2 Å². The highest BCUT2D eigenvalue weighted by Gasteiger charge is 2.32.